The van der Waals surface area contributed by atoms with Gasteiger partial charge in [-0.3, -0.25) is 9.59 Å². The number of amides is 2. The van der Waals surface area contributed by atoms with E-state index < -0.39 is 0 Å². The zero-order valence-electron chi connectivity index (χ0n) is 13.6. The van der Waals surface area contributed by atoms with Crippen LogP contribution in [0, 0.1) is 6.92 Å². The largest absolute Gasteiger partial charge is 0.379 e. The molecule has 2 heterocycles. The van der Waals surface area contributed by atoms with E-state index in [1.165, 1.54) is 5.56 Å². The average Bonchev–Trinajstić information content (AvgIpc) is 2.92. The number of hydrogen-bond acceptors (Lipinski definition) is 3. The molecule has 1 aromatic rings. The molecule has 2 amide bonds. The van der Waals surface area contributed by atoms with Gasteiger partial charge in [-0.2, -0.15) is 0 Å². The lowest BCUT2D eigenvalue weighted by Gasteiger charge is -2.28. The molecular formula is C18H24N2O3. The normalized spacial score (nSPS) is 24.7. The summed E-state index contributed by atoms with van der Waals surface area (Å²) in [7, 11) is 0. The molecule has 1 N–H and O–H groups in total. The van der Waals surface area contributed by atoms with Gasteiger partial charge in [0.2, 0.25) is 11.8 Å². The minimum absolute atomic E-state index is 0.0431. The van der Waals surface area contributed by atoms with Crippen LogP contribution in [0.3, 0.4) is 0 Å². The third-order valence-corrected chi connectivity index (χ3v) is 4.61. The smallest absolute Gasteiger partial charge is 0.243 e. The summed E-state index contributed by atoms with van der Waals surface area (Å²) in [5, 5.41) is 3.05. The lowest BCUT2D eigenvalue weighted by atomic mass is 10.1. The van der Waals surface area contributed by atoms with Crippen molar-refractivity contribution in [2.24, 2.45) is 0 Å². The van der Waals surface area contributed by atoms with Gasteiger partial charge in [-0.25, -0.2) is 0 Å². The molecule has 0 aromatic heterocycles. The fourth-order valence-electron chi connectivity index (χ4n) is 3.25. The van der Waals surface area contributed by atoms with Crippen LogP contribution in [0.4, 0.5) is 0 Å². The molecule has 2 saturated heterocycles. The number of carbonyl (C=O) groups excluding carboxylic acids is 2. The summed E-state index contributed by atoms with van der Waals surface area (Å²) in [6, 6.07) is 7.82. The number of ether oxygens (including phenoxy) is 1. The first-order valence-electron chi connectivity index (χ1n) is 8.36. The molecule has 0 saturated carbocycles. The van der Waals surface area contributed by atoms with Crippen molar-refractivity contribution in [1.82, 2.24) is 10.2 Å². The molecule has 0 bridgehead atoms. The number of aryl methyl sites for hydroxylation is 1. The molecule has 0 radical (unpaired) electrons. The van der Waals surface area contributed by atoms with Crippen LogP contribution in [-0.4, -0.2) is 42.0 Å². The molecule has 3 rings (SSSR count). The van der Waals surface area contributed by atoms with Crippen LogP contribution in [0.1, 0.15) is 36.8 Å². The number of carbonyl (C=O) groups is 2. The van der Waals surface area contributed by atoms with E-state index in [4.69, 9.17) is 4.74 Å². The van der Waals surface area contributed by atoms with E-state index in [9.17, 15) is 9.59 Å². The first kappa shape index (κ1) is 16.0. The molecule has 0 aliphatic carbocycles. The predicted molar refractivity (Wildman–Crippen MR) is 86.7 cm³/mol. The average molecular weight is 316 g/mol. The fourth-order valence-corrected chi connectivity index (χ4v) is 3.25. The van der Waals surface area contributed by atoms with E-state index in [-0.39, 0.29) is 23.9 Å². The molecule has 23 heavy (non-hydrogen) atoms. The van der Waals surface area contributed by atoms with Gasteiger partial charge < -0.3 is 15.0 Å². The molecule has 2 aliphatic rings. The maximum absolute atomic E-state index is 12.6. The zero-order chi connectivity index (χ0) is 16.2. The summed E-state index contributed by atoms with van der Waals surface area (Å²) in [5.74, 6) is 0.0177. The standard InChI is InChI=1S/C18H24N2O3/c1-13-4-6-14(7-5-13)11-20-16(8-9-17(20)21)18(22)19-15-3-2-10-23-12-15/h4-7,15-16H,2-3,8-12H2,1H3,(H,19,22)/t15-,16-/m0/s1. The molecule has 2 fully saturated rings. The molecule has 5 nitrogen and oxygen atoms in total. The highest BCUT2D eigenvalue weighted by atomic mass is 16.5. The molecule has 2 aliphatic heterocycles. The Morgan fingerprint density at radius 2 is 2.09 bits per heavy atom. The van der Waals surface area contributed by atoms with Crippen molar-refractivity contribution < 1.29 is 14.3 Å². The molecule has 2 atom stereocenters. The number of nitrogens with zero attached hydrogens (tertiary/aromatic N) is 1. The topological polar surface area (TPSA) is 58.6 Å². The maximum Gasteiger partial charge on any atom is 0.243 e. The van der Waals surface area contributed by atoms with Crippen LogP contribution in [0.15, 0.2) is 24.3 Å². The van der Waals surface area contributed by atoms with Crippen molar-refractivity contribution in [3.63, 3.8) is 0 Å². The highest BCUT2D eigenvalue weighted by molar-refractivity contribution is 5.91. The number of benzene rings is 1. The van der Waals surface area contributed by atoms with Crippen LogP contribution in [0.5, 0.6) is 0 Å². The number of nitrogens with one attached hydrogen (secondary N) is 1. The van der Waals surface area contributed by atoms with Crippen LogP contribution in [-0.2, 0) is 20.9 Å². The molecular weight excluding hydrogens is 292 g/mol. The molecule has 0 spiro atoms. The summed E-state index contributed by atoms with van der Waals surface area (Å²) in [6.45, 7) is 3.88. The third kappa shape index (κ3) is 3.91. The first-order valence-corrected chi connectivity index (χ1v) is 8.36. The Labute approximate surface area is 137 Å². The second-order valence-electron chi connectivity index (χ2n) is 6.48. The monoisotopic (exact) mass is 316 g/mol. The van der Waals surface area contributed by atoms with Crippen molar-refractivity contribution in [3.05, 3.63) is 35.4 Å². The summed E-state index contributed by atoms with van der Waals surface area (Å²) in [5.41, 5.74) is 2.25. The first-order chi connectivity index (χ1) is 11.1. The van der Waals surface area contributed by atoms with E-state index in [1.807, 2.05) is 31.2 Å². The molecule has 1 aromatic carbocycles. The highest BCUT2D eigenvalue weighted by Gasteiger charge is 2.36. The van der Waals surface area contributed by atoms with E-state index in [0.717, 1.165) is 25.0 Å². The van der Waals surface area contributed by atoms with Crippen LogP contribution in [0.2, 0.25) is 0 Å². The van der Waals surface area contributed by atoms with Gasteiger partial charge in [0.05, 0.1) is 12.6 Å². The zero-order valence-corrected chi connectivity index (χ0v) is 13.6. The van der Waals surface area contributed by atoms with E-state index in [1.54, 1.807) is 4.90 Å². The van der Waals surface area contributed by atoms with Gasteiger partial charge in [0.25, 0.3) is 0 Å². The Hall–Kier alpha value is -1.88. The Bertz CT molecular complexity index is 564. The Balaban J connectivity index is 1.64. The summed E-state index contributed by atoms with van der Waals surface area (Å²) < 4.78 is 5.41. The fraction of sp³-hybridized carbons (Fsp3) is 0.556. The van der Waals surface area contributed by atoms with Gasteiger partial charge in [0.1, 0.15) is 6.04 Å². The second-order valence-corrected chi connectivity index (χ2v) is 6.48. The minimum atomic E-state index is -0.356. The Morgan fingerprint density at radius 3 is 2.78 bits per heavy atom. The summed E-state index contributed by atoms with van der Waals surface area (Å²) in [6.07, 6.45) is 2.97. The van der Waals surface area contributed by atoms with Gasteiger partial charge in [-0.15, -0.1) is 0 Å². The van der Waals surface area contributed by atoms with Crippen LogP contribution in [0.25, 0.3) is 0 Å². The van der Waals surface area contributed by atoms with Gasteiger partial charge in [-0.05, 0) is 31.7 Å². The van der Waals surface area contributed by atoms with E-state index in [0.29, 0.717) is 26.0 Å². The molecule has 5 heteroatoms. The molecule has 0 unspecified atom stereocenters. The van der Waals surface area contributed by atoms with Gasteiger partial charge in [0.15, 0.2) is 0 Å². The van der Waals surface area contributed by atoms with E-state index >= 15 is 0 Å². The minimum Gasteiger partial charge on any atom is -0.379 e. The lowest BCUT2D eigenvalue weighted by molar-refractivity contribution is -0.136. The van der Waals surface area contributed by atoms with Gasteiger partial charge in [0, 0.05) is 19.6 Å². The summed E-state index contributed by atoms with van der Waals surface area (Å²) in [4.78, 5) is 26.4. The quantitative estimate of drug-likeness (QED) is 0.921. The van der Waals surface area contributed by atoms with Crippen LogP contribution < -0.4 is 5.32 Å². The molecule has 124 valence electrons. The number of hydrogen-bond donors (Lipinski definition) is 1. The van der Waals surface area contributed by atoms with Crippen LogP contribution >= 0.6 is 0 Å². The van der Waals surface area contributed by atoms with Crippen molar-refractivity contribution in [2.75, 3.05) is 13.2 Å². The van der Waals surface area contributed by atoms with Crippen molar-refractivity contribution >= 4 is 11.8 Å². The lowest BCUT2D eigenvalue weighted by Crippen LogP contribution is -2.49. The Kier molecular flexibility index (Phi) is 4.96. The van der Waals surface area contributed by atoms with Crippen molar-refractivity contribution in [2.45, 2.75) is 51.2 Å². The summed E-state index contributed by atoms with van der Waals surface area (Å²) >= 11 is 0. The van der Waals surface area contributed by atoms with Gasteiger partial charge in [-0.1, -0.05) is 29.8 Å². The maximum atomic E-state index is 12.6. The number of likely N-dealkylation sites (tertiary alicyclic amines) is 1. The SMILES string of the molecule is Cc1ccc(CN2C(=O)CC[C@H]2C(=O)N[C@H]2CCCOC2)cc1. The second kappa shape index (κ2) is 7.13. The van der Waals surface area contributed by atoms with Gasteiger partial charge >= 0.3 is 0 Å². The Morgan fingerprint density at radius 1 is 1.30 bits per heavy atom. The predicted octanol–water partition coefficient (Wildman–Crippen LogP) is 1.78. The third-order valence-electron chi connectivity index (χ3n) is 4.61. The number of rotatable bonds is 4. The van der Waals surface area contributed by atoms with E-state index in [2.05, 4.69) is 5.32 Å². The van der Waals surface area contributed by atoms with Crippen molar-refractivity contribution in [1.29, 1.82) is 0 Å². The van der Waals surface area contributed by atoms with Crippen molar-refractivity contribution in [3.8, 4) is 0 Å². The highest BCUT2D eigenvalue weighted by Crippen LogP contribution is 2.22.